The van der Waals surface area contributed by atoms with Gasteiger partial charge < -0.3 is 4.57 Å². The van der Waals surface area contributed by atoms with E-state index in [0.717, 1.165) is 24.4 Å². The van der Waals surface area contributed by atoms with Crippen LogP contribution in [0.15, 0.2) is 60.8 Å². The molecule has 19 heavy (non-hydrogen) atoms. The second-order valence-corrected chi connectivity index (χ2v) is 5.24. The maximum atomic E-state index is 6.06. The van der Waals surface area contributed by atoms with Crippen molar-refractivity contribution in [3.05, 3.63) is 71.4 Å². The lowest BCUT2D eigenvalue weighted by Gasteiger charge is -2.06. The van der Waals surface area contributed by atoms with Gasteiger partial charge >= 0.3 is 0 Å². The summed E-state index contributed by atoms with van der Waals surface area (Å²) >= 11 is 6.06. The average molecular weight is 270 g/mol. The predicted octanol–water partition coefficient (Wildman–Crippen LogP) is 4.93. The van der Waals surface area contributed by atoms with Crippen LogP contribution in [0.25, 0.3) is 10.9 Å². The Morgan fingerprint density at radius 2 is 1.79 bits per heavy atom. The van der Waals surface area contributed by atoms with Crippen molar-refractivity contribution in [3.8, 4) is 0 Å². The fraction of sp³-hybridized carbons (Fsp3) is 0.176. The first-order valence-electron chi connectivity index (χ1n) is 6.61. The number of aryl methyl sites for hydroxylation is 2. The number of aromatic nitrogens is 1. The highest BCUT2D eigenvalue weighted by Gasteiger charge is 2.01. The Labute approximate surface area is 118 Å². The van der Waals surface area contributed by atoms with E-state index in [1.165, 1.54) is 16.5 Å². The Bertz CT molecular complexity index is 670. The molecule has 2 aromatic carbocycles. The van der Waals surface area contributed by atoms with Crippen LogP contribution < -0.4 is 0 Å². The van der Waals surface area contributed by atoms with Gasteiger partial charge in [0.15, 0.2) is 0 Å². The summed E-state index contributed by atoms with van der Waals surface area (Å²) < 4.78 is 2.28. The van der Waals surface area contributed by atoms with Gasteiger partial charge in [-0.1, -0.05) is 48.0 Å². The molecule has 96 valence electrons. The van der Waals surface area contributed by atoms with E-state index in [2.05, 4.69) is 53.2 Å². The normalized spacial score (nSPS) is 11.0. The molecule has 0 aliphatic heterocycles. The third kappa shape index (κ3) is 2.82. The number of nitrogens with zero attached hydrogens (tertiary/aromatic N) is 1. The molecule has 0 spiro atoms. The summed E-state index contributed by atoms with van der Waals surface area (Å²) in [6.07, 6.45) is 4.40. The number of hydrogen-bond acceptors (Lipinski definition) is 0. The summed E-state index contributed by atoms with van der Waals surface area (Å²) in [5.41, 5.74) is 2.62. The molecule has 0 fully saturated rings. The summed E-state index contributed by atoms with van der Waals surface area (Å²) in [5, 5.41) is 2.06. The molecule has 0 saturated carbocycles. The Morgan fingerprint density at radius 3 is 2.63 bits per heavy atom. The molecule has 0 N–H and O–H groups in total. The topological polar surface area (TPSA) is 4.93 Å². The van der Waals surface area contributed by atoms with Gasteiger partial charge in [-0.3, -0.25) is 0 Å². The molecule has 2 heteroatoms. The highest BCUT2D eigenvalue weighted by atomic mass is 35.5. The molecular weight excluding hydrogens is 254 g/mol. The number of rotatable bonds is 4. The fourth-order valence-electron chi connectivity index (χ4n) is 2.45. The molecule has 3 aromatic rings. The first-order valence-corrected chi connectivity index (χ1v) is 6.99. The van der Waals surface area contributed by atoms with Gasteiger partial charge in [-0.15, -0.1) is 0 Å². The van der Waals surface area contributed by atoms with Crippen LogP contribution in [0.5, 0.6) is 0 Å². The Kier molecular flexibility index (Phi) is 3.56. The summed E-state index contributed by atoms with van der Waals surface area (Å²) in [4.78, 5) is 0. The van der Waals surface area contributed by atoms with Crippen molar-refractivity contribution in [2.45, 2.75) is 19.4 Å². The van der Waals surface area contributed by atoms with E-state index in [1.807, 2.05) is 12.1 Å². The lowest BCUT2D eigenvalue weighted by molar-refractivity contribution is 0.662. The Balaban J connectivity index is 1.70. The molecule has 1 heterocycles. The quantitative estimate of drug-likeness (QED) is 0.633. The van der Waals surface area contributed by atoms with Gasteiger partial charge in [-0.2, -0.15) is 0 Å². The molecule has 0 aliphatic carbocycles. The van der Waals surface area contributed by atoms with Crippen LogP contribution in [-0.4, -0.2) is 4.57 Å². The summed E-state index contributed by atoms with van der Waals surface area (Å²) in [5.74, 6) is 0. The van der Waals surface area contributed by atoms with Crippen LogP contribution in [0, 0.1) is 0 Å². The van der Waals surface area contributed by atoms with Gasteiger partial charge in [-0.25, -0.2) is 0 Å². The van der Waals surface area contributed by atoms with E-state index in [9.17, 15) is 0 Å². The maximum Gasteiger partial charge on any atom is 0.0495 e. The van der Waals surface area contributed by atoms with Crippen molar-refractivity contribution in [1.29, 1.82) is 0 Å². The zero-order valence-electron chi connectivity index (χ0n) is 10.7. The van der Waals surface area contributed by atoms with E-state index in [4.69, 9.17) is 11.6 Å². The van der Waals surface area contributed by atoms with Crippen molar-refractivity contribution >= 4 is 22.5 Å². The van der Waals surface area contributed by atoms with Crippen LogP contribution >= 0.6 is 11.6 Å². The number of benzene rings is 2. The van der Waals surface area contributed by atoms with Crippen LogP contribution in [0.3, 0.4) is 0 Å². The van der Waals surface area contributed by atoms with Crippen LogP contribution in [0.1, 0.15) is 12.0 Å². The highest BCUT2D eigenvalue weighted by Crippen LogP contribution is 2.21. The molecule has 1 aromatic heterocycles. The summed E-state index contributed by atoms with van der Waals surface area (Å²) in [7, 11) is 0. The second kappa shape index (κ2) is 5.50. The van der Waals surface area contributed by atoms with Gasteiger partial charge in [0.25, 0.3) is 0 Å². The molecular formula is C17H16ClN. The van der Waals surface area contributed by atoms with Crippen LogP contribution in [0.4, 0.5) is 0 Å². The monoisotopic (exact) mass is 269 g/mol. The van der Waals surface area contributed by atoms with Crippen LogP contribution in [-0.2, 0) is 13.0 Å². The van der Waals surface area contributed by atoms with E-state index >= 15 is 0 Å². The molecule has 0 amide bonds. The van der Waals surface area contributed by atoms with Gasteiger partial charge in [0, 0.05) is 23.3 Å². The Hall–Kier alpha value is -1.73. The zero-order valence-corrected chi connectivity index (χ0v) is 11.5. The summed E-state index contributed by atoms with van der Waals surface area (Å²) in [6, 6.07) is 18.8. The minimum absolute atomic E-state index is 0.801. The lowest BCUT2D eigenvalue weighted by atomic mass is 10.1. The molecule has 3 rings (SSSR count). The number of fused-ring (bicyclic) bond motifs is 1. The number of hydrogen-bond donors (Lipinski definition) is 0. The van der Waals surface area contributed by atoms with E-state index in [1.54, 1.807) is 0 Å². The van der Waals surface area contributed by atoms with Crippen molar-refractivity contribution in [3.63, 3.8) is 0 Å². The second-order valence-electron chi connectivity index (χ2n) is 4.80. The standard InChI is InChI=1S/C17H16ClN/c18-16-9-8-15-10-12-19(17(15)13-16)11-4-7-14-5-2-1-3-6-14/h1-3,5-6,8-10,12-13H,4,7,11H2. The van der Waals surface area contributed by atoms with Gasteiger partial charge in [0.2, 0.25) is 0 Å². The number of halogens is 1. The third-order valence-corrected chi connectivity index (χ3v) is 3.68. The summed E-state index contributed by atoms with van der Waals surface area (Å²) in [6.45, 7) is 1.03. The molecule has 0 radical (unpaired) electrons. The lowest BCUT2D eigenvalue weighted by Crippen LogP contribution is -1.97. The average Bonchev–Trinajstić information content (AvgIpc) is 2.83. The fourth-order valence-corrected chi connectivity index (χ4v) is 2.62. The largest absolute Gasteiger partial charge is 0.347 e. The molecule has 0 saturated heterocycles. The van der Waals surface area contributed by atoms with Gasteiger partial charge in [0.05, 0.1) is 0 Å². The smallest absolute Gasteiger partial charge is 0.0495 e. The molecule has 0 unspecified atom stereocenters. The predicted molar refractivity (Wildman–Crippen MR) is 81.7 cm³/mol. The highest BCUT2D eigenvalue weighted by molar-refractivity contribution is 6.31. The molecule has 0 atom stereocenters. The van der Waals surface area contributed by atoms with Crippen molar-refractivity contribution in [2.75, 3.05) is 0 Å². The van der Waals surface area contributed by atoms with E-state index in [0.29, 0.717) is 0 Å². The van der Waals surface area contributed by atoms with E-state index < -0.39 is 0 Å². The van der Waals surface area contributed by atoms with Gasteiger partial charge in [-0.05, 0) is 42.0 Å². The van der Waals surface area contributed by atoms with E-state index in [-0.39, 0.29) is 0 Å². The van der Waals surface area contributed by atoms with Crippen molar-refractivity contribution in [2.24, 2.45) is 0 Å². The van der Waals surface area contributed by atoms with Crippen molar-refractivity contribution in [1.82, 2.24) is 4.57 Å². The minimum Gasteiger partial charge on any atom is -0.347 e. The van der Waals surface area contributed by atoms with Gasteiger partial charge in [0.1, 0.15) is 0 Å². The van der Waals surface area contributed by atoms with Crippen LogP contribution in [0.2, 0.25) is 5.02 Å². The molecule has 0 aliphatic rings. The maximum absolute atomic E-state index is 6.06. The first kappa shape index (κ1) is 12.3. The SMILES string of the molecule is Clc1ccc2ccn(CCCc3ccccc3)c2c1. The molecule has 1 nitrogen and oxygen atoms in total. The first-order chi connectivity index (χ1) is 9.33. The molecule has 0 bridgehead atoms. The Morgan fingerprint density at radius 1 is 0.947 bits per heavy atom. The minimum atomic E-state index is 0.801. The zero-order chi connectivity index (χ0) is 13.1. The van der Waals surface area contributed by atoms with Crippen molar-refractivity contribution < 1.29 is 0 Å². The third-order valence-electron chi connectivity index (χ3n) is 3.44.